The minimum absolute atomic E-state index is 0.404. The highest BCUT2D eigenvalue weighted by molar-refractivity contribution is 7.84. The van der Waals surface area contributed by atoms with Crippen molar-refractivity contribution < 1.29 is 0 Å². The molecule has 1 aliphatic carbocycles. The molecule has 0 aliphatic heterocycles. The molecule has 5 aromatic carbocycles. The molecule has 1 unspecified atom stereocenters. The molecule has 458 valence electrons. The van der Waals surface area contributed by atoms with Crippen molar-refractivity contribution in [2.75, 3.05) is 0 Å². The number of benzene rings is 5. The second kappa shape index (κ2) is 36.3. The Hall–Kier alpha value is -2.21. The van der Waals surface area contributed by atoms with Gasteiger partial charge in [0.15, 0.2) is 0 Å². The highest BCUT2D eigenvalue weighted by Gasteiger charge is 2.43. The van der Waals surface area contributed by atoms with Crippen LogP contribution in [0.2, 0.25) is 72.5 Å². The Kier molecular flexibility index (Phi) is 30.6. The van der Waals surface area contributed by atoms with Gasteiger partial charge in [0.2, 0.25) is 0 Å². The van der Waals surface area contributed by atoms with Crippen molar-refractivity contribution in [1.29, 1.82) is 0 Å². The van der Waals surface area contributed by atoms with E-state index in [1.165, 1.54) is 195 Å². The molecule has 83 heavy (non-hydrogen) atoms. The van der Waals surface area contributed by atoms with Crippen LogP contribution in [0, 0.1) is 0 Å². The minimum Gasteiger partial charge on any atom is -0.241 e. The molecule has 0 spiro atoms. The third-order valence-electron chi connectivity index (χ3n) is 20.3. The Bertz CT molecular complexity index is 2360. The fourth-order valence-electron chi connectivity index (χ4n) is 16.1. The van der Waals surface area contributed by atoms with E-state index in [-0.39, 0.29) is 0 Å². The summed E-state index contributed by atoms with van der Waals surface area (Å²) in [6.07, 6.45) is 27.2. The fourth-order valence-corrected chi connectivity index (χ4v) is 44.7. The summed E-state index contributed by atoms with van der Waals surface area (Å²) in [6, 6.07) is 70.8. The SMILES string of the molecule is CCCC[Si](CCCC)(CCCC)c1ccc(P(c2ccc([Si](CCCC)(CCCC)CCCC)cc2)N(C2CCc3ccccc3C2)P(c2cccc([Si](CCC)(CCC)CCC)c2)c2cccc([Si](CCC)(CCC)CCC)c2)cc1. The van der Waals surface area contributed by atoms with E-state index in [1.54, 1.807) is 53.1 Å². The Morgan fingerprint density at radius 1 is 0.313 bits per heavy atom. The van der Waals surface area contributed by atoms with Crippen molar-refractivity contribution in [3.8, 4) is 0 Å². The second-order valence-corrected chi connectivity index (χ2v) is 49.6. The second-order valence-electron chi connectivity index (χ2n) is 26.5. The summed E-state index contributed by atoms with van der Waals surface area (Å²) in [7, 11) is -9.03. The minimum atomic E-state index is -1.80. The summed E-state index contributed by atoms with van der Waals surface area (Å²) < 4.78 is 3.35. The van der Waals surface area contributed by atoms with E-state index < -0.39 is 48.4 Å². The summed E-state index contributed by atoms with van der Waals surface area (Å²) in [5, 5.41) is 13.4. The van der Waals surface area contributed by atoms with Crippen molar-refractivity contribution in [3.63, 3.8) is 0 Å². The van der Waals surface area contributed by atoms with Crippen molar-refractivity contribution >= 4 is 90.4 Å². The van der Waals surface area contributed by atoms with Crippen molar-refractivity contribution in [2.24, 2.45) is 0 Å². The fraction of sp³-hybridized carbons (Fsp3) is 0.605. The average molecular weight is 1230 g/mol. The predicted octanol–water partition coefficient (Wildman–Crippen LogP) is 20.8. The molecule has 0 aromatic heterocycles. The van der Waals surface area contributed by atoms with Gasteiger partial charge in [-0.3, -0.25) is 0 Å². The Balaban J connectivity index is 1.77. The van der Waals surface area contributed by atoms with E-state index in [4.69, 9.17) is 0 Å². The highest BCUT2D eigenvalue weighted by atomic mass is 31.2. The van der Waals surface area contributed by atoms with Gasteiger partial charge in [-0.2, -0.15) is 0 Å². The molecule has 0 heterocycles. The third kappa shape index (κ3) is 18.0. The monoisotopic (exact) mass is 1220 g/mol. The van der Waals surface area contributed by atoms with Gasteiger partial charge < -0.3 is 0 Å². The summed E-state index contributed by atoms with van der Waals surface area (Å²) >= 11 is 0. The molecule has 1 atom stereocenters. The summed E-state index contributed by atoms with van der Waals surface area (Å²) in [6.45, 7) is 29.5. The summed E-state index contributed by atoms with van der Waals surface area (Å²) in [5.74, 6) is 0. The molecule has 6 rings (SSSR count). The molecule has 7 heteroatoms. The lowest BCUT2D eigenvalue weighted by atomic mass is 9.89. The molecule has 1 nitrogen and oxygen atoms in total. The Labute approximate surface area is 520 Å². The van der Waals surface area contributed by atoms with Gasteiger partial charge >= 0.3 is 0 Å². The van der Waals surface area contributed by atoms with E-state index in [0.29, 0.717) is 6.04 Å². The lowest BCUT2D eigenvalue weighted by Crippen LogP contribution is -2.50. The molecule has 1 aliphatic rings. The molecule has 0 amide bonds. The van der Waals surface area contributed by atoms with Crippen LogP contribution in [0.4, 0.5) is 0 Å². The lowest BCUT2D eigenvalue weighted by Gasteiger charge is -2.46. The summed E-state index contributed by atoms with van der Waals surface area (Å²) in [5.41, 5.74) is 3.17. The van der Waals surface area contributed by atoms with Crippen LogP contribution in [0.1, 0.15) is 216 Å². The van der Waals surface area contributed by atoms with E-state index in [1.807, 2.05) is 0 Å². The maximum absolute atomic E-state index is 3.35. The van der Waals surface area contributed by atoms with E-state index in [9.17, 15) is 0 Å². The number of unbranched alkanes of at least 4 members (excludes halogenated alkanes) is 6. The normalized spacial score (nSPS) is 14.3. The van der Waals surface area contributed by atoms with Gasteiger partial charge in [0, 0.05) is 22.2 Å². The van der Waals surface area contributed by atoms with Crippen LogP contribution in [0.3, 0.4) is 0 Å². The number of aryl methyl sites for hydroxylation is 1. The number of hydrogen-bond donors (Lipinski definition) is 0. The first-order chi connectivity index (χ1) is 40.5. The first-order valence-corrected chi connectivity index (χ1v) is 48.5. The summed E-state index contributed by atoms with van der Waals surface area (Å²) in [4.78, 5) is 0. The number of fused-ring (bicyclic) bond motifs is 1. The van der Waals surface area contributed by atoms with Gasteiger partial charge in [0.1, 0.15) is 0 Å². The number of rotatable bonds is 41. The zero-order valence-corrected chi connectivity index (χ0v) is 61.6. The van der Waals surface area contributed by atoms with Gasteiger partial charge in [-0.25, -0.2) is 4.44 Å². The van der Waals surface area contributed by atoms with Gasteiger partial charge in [0.05, 0.1) is 32.3 Å². The van der Waals surface area contributed by atoms with Crippen molar-refractivity contribution in [1.82, 2.24) is 4.44 Å². The topological polar surface area (TPSA) is 3.24 Å². The zero-order valence-electron chi connectivity index (χ0n) is 55.8. The number of nitrogens with zero attached hydrogens (tertiary/aromatic N) is 1. The highest BCUT2D eigenvalue weighted by Crippen LogP contribution is 2.58. The maximum atomic E-state index is 3.35. The van der Waals surface area contributed by atoms with Crippen LogP contribution >= 0.6 is 16.1 Å². The Morgan fingerprint density at radius 2 is 0.627 bits per heavy atom. The van der Waals surface area contributed by atoms with Crippen LogP contribution in [-0.4, -0.2) is 42.8 Å². The molecule has 0 fully saturated rings. The van der Waals surface area contributed by atoms with Gasteiger partial charge in [-0.05, 0) is 51.6 Å². The Morgan fingerprint density at radius 3 is 0.952 bits per heavy atom. The smallest absolute Gasteiger partial charge is 0.0867 e. The van der Waals surface area contributed by atoms with E-state index in [0.717, 1.165) is 12.8 Å². The van der Waals surface area contributed by atoms with Crippen LogP contribution in [0.15, 0.2) is 121 Å². The molecule has 0 radical (unpaired) electrons. The van der Waals surface area contributed by atoms with Gasteiger partial charge in [-0.1, -0.05) is 413 Å². The van der Waals surface area contributed by atoms with Crippen molar-refractivity contribution in [3.05, 3.63) is 132 Å². The van der Waals surface area contributed by atoms with Crippen LogP contribution < -0.4 is 42.0 Å². The molecular formula is C76H123NP2Si4. The largest absolute Gasteiger partial charge is 0.241 e. The maximum Gasteiger partial charge on any atom is 0.0867 e. The van der Waals surface area contributed by atoms with E-state index in [2.05, 4.69) is 209 Å². The standard InChI is InChI=1S/C76H123NP2Si4/c1-13-25-57-82(58-26-14-2,59-27-15-3)73-47-43-69(44-48-73)78(70-45-49-74(50-46-70)83(60-28-16-4,61-29-17-5)62-30-18-6)77(68-42-41-66-35-31-32-36-67(66)63-68)79(71-37-33-39-75(64-71)80(51-19-7,52-20-8)53-21-9)72-38-34-40-76(65-72)81(54-22-10,55-23-11)56-24-12/h31-40,43-50,64-65,68H,13-30,41-42,51-63H2,1-12H3. The third-order valence-corrected chi connectivity index (χ3v) is 48.8. The zero-order chi connectivity index (χ0) is 59.6. The molecule has 0 N–H and O–H groups in total. The molecular weight excluding hydrogens is 1100 g/mol. The predicted molar refractivity (Wildman–Crippen MR) is 393 cm³/mol. The molecule has 0 bridgehead atoms. The van der Waals surface area contributed by atoms with Gasteiger partial charge in [-0.15, -0.1) is 0 Å². The van der Waals surface area contributed by atoms with Gasteiger partial charge in [0.25, 0.3) is 0 Å². The average Bonchev–Trinajstić information content (AvgIpc) is 3.68. The quantitative estimate of drug-likeness (QED) is 0.0278. The van der Waals surface area contributed by atoms with Crippen LogP contribution in [0.5, 0.6) is 0 Å². The van der Waals surface area contributed by atoms with Crippen molar-refractivity contribution in [2.45, 2.75) is 296 Å². The first kappa shape index (κ1) is 69.9. The van der Waals surface area contributed by atoms with Crippen LogP contribution in [-0.2, 0) is 12.8 Å². The first-order valence-electron chi connectivity index (χ1n) is 35.4. The van der Waals surface area contributed by atoms with E-state index >= 15 is 0 Å². The number of hydrogen-bond acceptors (Lipinski definition) is 1. The van der Waals surface area contributed by atoms with Crippen LogP contribution in [0.25, 0.3) is 0 Å². The molecule has 5 aromatic rings. The lowest BCUT2D eigenvalue weighted by molar-refractivity contribution is 0.440. The molecule has 0 saturated heterocycles. The molecule has 0 saturated carbocycles.